The number of amides is 1. The number of terminal acetylenes is 1. The molecule has 1 amide bonds. The topological polar surface area (TPSA) is 29.1 Å². The van der Waals surface area contributed by atoms with Crippen LogP contribution < -0.4 is 5.32 Å². The van der Waals surface area contributed by atoms with Crippen LogP contribution in [-0.4, -0.2) is 11.9 Å². The first-order valence-corrected chi connectivity index (χ1v) is 5.22. The largest absolute Gasteiger partial charge is 0.338 e. The maximum atomic E-state index is 13.6. The van der Waals surface area contributed by atoms with Gasteiger partial charge in [0.05, 0.1) is 6.04 Å². The highest BCUT2D eigenvalue weighted by atomic mass is 19.1. The highest BCUT2D eigenvalue weighted by molar-refractivity contribution is 5.95. The third kappa shape index (κ3) is 2.82. The lowest BCUT2D eigenvalue weighted by atomic mass is 10.1. The molecular weight excluding hydrogens is 224 g/mol. The molecule has 0 saturated heterocycles. The SMILES string of the molecule is C#CC(CC)NC(=O)c1c(F)ccc(C)c1F. The quantitative estimate of drug-likeness (QED) is 0.804. The summed E-state index contributed by atoms with van der Waals surface area (Å²) in [6.07, 6.45) is 5.66. The van der Waals surface area contributed by atoms with Gasteiger partial charge in [-0.15, -0.1) is 6.42 Å². The molecule has 1 N–H and O–H groups in total. The molecule has 0 saturated carbocycles. The third-order valence-corrected chi connectivity index (χ3v) is 2.43. The van der Waals surface area contributed by atoms with Crippen molar-refractivity contribution in [2.45, 2.75) is 26.3 Å². The number of aryl methyl sites for hydroxylation is 1. The Morgan fingerprint density at radius 3 is 2.71 bits per heavy atom. The van der Waals surface area contributed by atoms with Gasteiger partial charge in [-0.25, -0.2) is 8.78 Å². The van der Waals surface area contributed by atoms with Gasteiger partial charge in [0.1, 0.15) is 17.2 Å². The Morgan fingerprint density at radius 1 is 1.53 bits per heavy atom. The second-order valence-corrected chi connectivity index (χ2v) is 3.65. The molecule has 90 valence electrons. The minimum Gasteiger partial charge on any atom is -0.338 e. The second-order valence-electron chi connectivity index (χ2n) is 3.65. The predicted molar refractivity (Wildman–Crippen MR) is 61.5 cm³/mol. The van der Waals surface area contributed by atoms with Crippen molar-refractivity contribution in [3.8, 4) is 12.3 Å². The zero-order valence-corrected chi connectivity index (χ0v) is 9.68. The summed E-state index contributed by atoms with van der Waals surface area (Å²) in [5, 5.41) is 2.39. The monoisotopic (exact) mass is 237 g/mol. The summed E-state index contributed by atoms with van der Waals surface area (Å²) in [7, 11) is 0. The molecule has 0 aliphatic rings. The smallest absolute Gasteiger partial charge is 0.258 e. The van der Waals surface area contributed by atoms with Crippen molar-refractivity contribution in [2.75, 3.05) is 0 Å². The van der Waals surface area contributed by atoms with Crippen LogP contribution in [0.3, 0.4) is 0 Å². The lowest BCUT2D eigenvalue weighted by molar-refractivity contribution is 0.0936. The van der Waals surface area contributed by atoms with Crippen LogP contribution >= 0.6 is 0 Å². The first-order valence-electron chi connectivity index (χ1n) is 5.22. The molecule has 0 bridgehead atoms. The Morgan fingerprint density at radius 2 is 2.18 bits per heavy atom. The lowest BCUT2D eigenvalue weighted by Gasteiger charge is -2.12. The molecule has 0 aliphatic heterocycles. The van der Waals surface area contributed by atoms with E-state index >= 15 is 0 Å². The molecule has 0 heterocycles. The molecule has 0 fully saturated rings. The third-order valence-electron chi connectivity index (χ3n) is 2.43. The predicted octanol–water partition coefficient (Wildman–Crippen LogP) is 2.41. The molecule has 1 unspecified atom stereocenters. The van der Waals surface area contributed by atoms with E-state index in [1.54, 1.807) is 6.92 Å². The van der Waals surface area contributed by atoms with Crippen LogP contribution in [0.1, 0.15) is 29.3 Å². The number of carbonyl (C=O) groups is 1. The molecule has 0 spiro atoms. The summed E-state index contributed by atoms with van der Waals surface area (Å²) in [4.78, 5) is 11.7. The van der Waals surface area contributed by atoms with Crippen LogP contribution in [0.15, 0.2) is 12.1 Å². The van der Waals surface area contributed by atoms with Crippen molar-refractivity contribution in [2.24, 2.45) is 0 Å². The molecule has 0 radical (unpaired) electrons. The zero-order chi connectivity index (χ0) is 13.0. The fourth-order valence-electron chi connectivity index (χ4n) is 1.36. The Kier molecular flexibility index (Phi) is 4.22. The molecule has 1 aromatic carbocycles. The minimum absolute atomic E-state index is 0.213. The molecule has 17 heavy (non-hydrogen) atoms. The van der Waals surface area contributed by atoms with E-state index in [2.05, 4.69) is 11.2 Å². The van der Waals surface area contributed by atoms with Gasteiger partial charge in [0, 0.05) is 0 Å². The van der Waals surface area contributed by atoms with Gasteiger partial charge >= 0.3 is 0 Å². The Bertz CT molecular complexity index is 477. The molecule has 4 heteroatoms. The molecule has 2 nitrogen and oxygen atoms in total. The Labute approximate surface area is 99.0 Å². The van der Waals surface area contributed by atoms with Gasteiger partial charge in [-0.2, -0.15) is 0 Å². The highest BCUT2D eigenvalue weighted by Crippen LogP contribution is 2.16. The first kappa shape index (κ1) is 13.2. The van der Waals surface area contributed by atoms with Gasteiger partial charge in [0.15, 0.2) is 0 Å². The van der Waals surface area contributed by atoms with Gasteiger partial charge in [-0.1, -0.05) is 18.9 Å². The fraction of sp³-hybridized carbons (Fsp3) is 0.308. The lowest BCUT2D eigenvalue weighted by Crippen LogP contribution is -2.34. The average Bonchev–Trinajstić information content (AvgIpc) is 2.31. The van der Waals surface area contributed by atoms with E-state index in [1.165, 1.54) is 13.0 Å². The standard InChI is InChI=1S/C13H13F2NO/c1-4-9(5-2)16-13(17)11-10(14)7-6-8(3)12(11)15/h1,6-7,9H,5H2,2-3H3,(H,16,17). The maximum Gasteiger partial charge on any atom is 0.258 e. The summed E-state index contributed by atoms with van der Waals surface area (Å²) >= 11 is 0. The minimum atomic E-state index is -0.891. The van der Waals surface area contributed by atoms with Crippen LogP contribution in [0.2, 0.25) is 0 Å². The normalized spacial score (nSPS) is 11.7. The van der Waals surface area contributed by atoms with E-state index in [1.807, 2.05) is 0 Å². The van der Waals surface area contributed by atoms with E-state index in [-0.39, 0.29) is 5.56 Å². The van der Waals surface area contributed by atoms with Crippen molar-refractivity contribution >= 4 is 5.91 Å². The van der Waals surface area contributed by atoms with Crippen molar-refractivity contribution in [3.63, 3.8) is 0 Å². The fourth-order valence-corrected chi connectivity index (χ4v) is 1.36. The van der Waals surface area contributed by atoms with Crippen molar-refractivity contribution in [3.05, 3.63) is 34.9 Å². The molecule has 1 aromatic rings. The Hall–Kier alpha value is -1.89. The van der Waals surface area contributed by atoms with Gasteiger partial charge in [0.2, 0.25) is 0 Å². The average molecular weight is 237 g/mol. The molecule has 1 rings (SSSR count). The van der Waals surface area contributed by atoms with Crippen LogP contribution in [0, 0.1) is 30.9 Å². The summed E-state index contributed by atoms with van der Waals surface area (Å²) in [5.74, 6) is -0.240. The van der Waals surface area contributed by atoms with E-state index in [0.717, 1.165) is 6.07 Å². The summed E-state index contributed by atoms with van der Waals surface area (Å²) in [5.41, 5.74) is -0.371. The van der Waals surface area contributed by atoms with E-state index < -0.39 is 29.1 Å². The number of carbonyl (C=O) groups excluding carboxylic acids is 1. The zero-order valence-electron chi connectivity index (χ0n) is 9.68. The van der Waals surface area contributed by atoms with Crippen molar-refractivity contribution in [1.82, 2.24) is 5.32 Å². The number of nitrogens with one attached hydrogen (secondary N) is 1. The number of rotatable bonds is 3. The van der Waals surface area contributed by atoms with Crippen LogP contribution in [0.25, 0.3) is 0 Å². The van der Waals surface area contributed by atoms with Crippen LogP contribution in [0.5, 0.6) is 0 Å². The summed E-state index contributed by atoms with van der Waals surface area (Å²) in [6, 6.07) is 1.81. The maximum absolute atomic E-state index is 13.6. The van der Waals surface area contributed by atoms with Gasteiger partial charge in [0.25, 0.3) is 5.91 Å². The Balaban J connectivity index is 3.05. The van der Waals surface area contributed by atoms with Gasteiger partial charge in [-0.3, -0.25) is 4.79 Å². The molecule has 0 aromatic heterocycles. The second kappa shape index (κ2) is 5.44. The van der Waals surface area contributed by atoms with Gasteiger partial charge in [-0.05, 0) is 25.0 Å². The number of benzene rings is 1. The van der Waals surface area contributed by atoms with E-state index in [9.17, 15) is 13.6 Å². The van der Waals surface area contributed by atoms with Crippen molar-refractivity contribution in [1.29, 1.82) is 0 Å². The number of hydrogen-bond acceptors (Lipinski definition) is 1. The molecule has 0 aliphatic carbocycles. The summed E-state index contributed by atoms with van der Waals surface area (Å²) in [6.45, 7) is 3.23. The van der Waals surface area contributed by atoms with E-state index in [0.29, 0.717) is 6.42 Å². The highest BCUT2D eigenvalue weighted by Gasteiger charge is 2.20. The van der Waals surface area contributed by atoms with E-state index in [4.69, 9.17) is 6.42 Å². The molecule has 1 atom stereocenters. The van der Waals surface area contributed by atoms with Crippen LogP contribution in [-0.2, 0) is 0 Å². The van der Waals surface area contributed by atoms with Crippen molar-refractivity contribution < 1.29 is 13.6 Å². The molecular formula is C13H13F2NO. The first-order chi connectivity index (χ1) is 8.01. The number of halogens is 2. The summed E-state index contributed by atoms with van der Waals surface area (Å²) < 4.78 is 27.0. The number of hydrogen-bond donors (Lipinski definition) is 1. The van der Waals surface area contributed by atoms with Gasteiger partial charge < -0.3 is 5.32 Å². The van der Waals surface area contributed by atoms with Crippen LogP contribution in [0.4, 0.5) is 8.78 Å².